The van der Waals surface area contributed by atoms with Gasteiger partial charge in [-0.15, -0.1) is 0 Å². The molecule has 2 atom stereocenters. The van der Waals surface area contributed by atoms with E-state index >= 15 is 0 Å². The molecule has 1 fully saturated rings. The van der Waals surface area contributed by atoms with Crippen molar-refractivity contribution < 1.29 is 52.1 Å². The summed E-state index contributed by atoms with van der Waals surface area (Å²) < 4.78 is 29.1. The fourth-order valence-corrected chi connectivity index (χ4v) is 13.6. The average Bonchev–Trinajstić information content (AvgIpc) is 0.855. The van der Waals surface area contributed by atoms with Crippen LogP contribution in [0.5, 0.6) is 5.75 Å². The summed E-state index contributed by atoms with van der Waals surface area (Å²) in [5, 5.41) is 13.5. The molecule has 0 spiro atoms. The number of nitrogens with zero attached hydrogens (tertiary/aromatic N) is 7. The summed E-state index contributed by atoms with van der Waals surface area (Å²) >= 11 is 0. The van der Waals surface area contributed by atoms with Crippen LogP contribution in [-0.2, 0) is 55.4 Å². The van der Waals surface area contributed by atoms with Gasteiger partial charge in [-0.05, 0) is 158 Å². The molecular weight excluding hydrogens is 1270 g/mol. The van der Waals surface area contributed by atoms with Crippen molar-refractivity contribution in [3.05, 3.63) is 138 Å². The monoisotopic (exact) mass is 1370 g/mol. The van der Waals surface area contributed by atoms with Gasteiger partial charge in [0.15, 0.2) is 6.61 Å². The number of rotatable bonds is 44. The molecule has 9 N–H and O–H groups in total. The largest absolute Gasteiger partial charge is 0.484 e. The molecule has 26 nitrogen and oxygen atoms in total. The van der Waals surface area contributed by atoms with Gasteiger partial charge in [0.05, 0.1) is 56.6 Å². The highest BCUT2D eigenvalue weighted by Crippen LogP contribution is 2.62. The van der Waals surface area contributed by atoms with Crippen LogP contribution in [0.3, 0.4) is 0 Å². The normalized spacial score (nSPS) is 16.3. The standard InChI is InChI=1S/C73H101N13O13/c1-83(35-37-95-39-41-97-42-40-96-38-36-84(2)70(92)63-46-53(81-82-77)48-86(63)68(91)49-98-54-25-29-58-62(47-54)85(3)72(94)99-71(58)93)67(90)30-31-73-59-43-50(78-64(87)19-13-7-4-10-16-32-74)22-26-55(59)69(56-27-23-51(44-60(56)73)79-65(88)20-14-8-5-11-17-33-75)57-28-24-52(45-61(57)73)80-66(89)21-15-9-6-12-18-34-76/h22-29,43-45,47,53,63,69H,4-21,30-42,46,48-49,74-76H2,1-3H3,(H,78,87)(H,79,88)(H,80,89)/t53?,63-,69?,73?/m0/s1. The summed E-state index contributed by atoms with van der Waals surface area (Å²) in [5.41, 5.74) is 32.7. The maximum Gasteiger partial charge on any atom is 0.422 e. The van der Waals surface area contributed by atoms with Gasteiger partial charge in [0.2, 0.25) is 29.5 Å². The number of anilines is 3. The molecule has 2 bridgehead atoms. The number of hydrogen-bond donors (Lipinski definition) is 6. The highest BCUT2D eigenvalue weighted by atomic mass is 16.5. The smallest absolute Gasteiger partial charge is 0.422 e. The average molecular weight is 1370 g/mol. The van der Waals surface area contributed by atoms with Crippen molar-refractivity contribution in [3.63, 3.8) is 0 Å². The number of amides is 6. The summed E-state index contributed by atoms with van der Waals surface area (Å²) in [6.07, 6.45) is 15.7. The molecule has 0 saturated carbocycles. The van der Waals surface area contributed by atoms with E-state index in [-0.39, 0.29) is 118 Å². The molecule has 2 heterocycles. The first-order valence-corrected chi connectivity index (χ1v) is 35.3. The molecule has 4 aliphatic rings. The number of nitrogens with one attached hydrogen (secondary N) is 3. The van der Waals surface area contributed by atoms with E-state index in [4.69, 9.17) is 46.1 Å². The van der Waals surface area contributed by atoms with Crippen molar-refractivity contribution in [3.8, 4) is 5.75 Å². The molecule has 536 valence electrons. The minimum absolute atomic E-state index is 0.00724. The molecule has 5 aromatic rings. The van der Waals surface area contributed by atoms with Crippen molar-refractivity contribution in [2.24, 2.45) is 29.4 Å². The van der Waals surface area contributed by atoms with Crippen LogP contribution in [0.1, 0.15) is 174 Å². The van der Waals surface area contributed by atoms with Crippen LogP contribution >= 0.6 is 0 Å². The van der Waals surface area contributed by atoms with Crippen molar-refractivity contribution in [2.75, 3.05) is 116 Å². The van der Waals surface area contributed by atoms with Crippen LogP contribution < -0.4 is 49.3 Å². The number of unbranched alkanes of at least 4 members (excludes halogenated alkanes) is 12. The molecule has 0 radical (unpaired) electrons. The Morgan fingerprint density at radius 1 is 0.606 bits per heavy atom. The van der Waals surface area contributed by atoms with Crippen LogP contribution in [0.2, 0.25) is 0 Å². The van der Waals surface area contributed by atoms with Gasteiger partial charge in [-0.25, -0.2) is 9.59 Å². The number of aromatic nitrogens is 1. The summed E-state index contributed by atoms with van der Waals surface area (Å²) in [6, 6.07) is 21.1. The zero-order valence-electron chi connectivity index (χ0n) is 57.9. The van der Waals surface area contributed by atoms with Gasteiger partial charge in [0, 0.05) is 106 Å². The van der Waals surface area contributed by atoms with Crippen molar-refractivity contribution in [1.29, 1.82) is 0 Å². The van der Waals surface area contributed by atoms with Crippen molar-refractivity contribution in [1.82, 2.24) is 19.3 Å². The van der Waals surface area contributed by atoms with Crippen molar-refractivity contribution >= 4 is 63.4 Å². The van der Waals surface area contributed by atoms with Gasteiger partial charge in [-0.3, -0.25) is 33.3 Å². The van der Waals surface area contributed by atoms with E-state index in [9.17, 15) is 38.4 Å². The van der Waals surface area contributed by atoms with E-state index in [1.165, 1.54) is 35.0 Å². The van der Waals surface area contributed by atoms with Gasteiger partial charge >= 0.3 is 11.4 Å². The second kappa shape index (κ2) is 38.8. The van der Waals surface area contributed by atoms with E-state index in [1.54, 1.807) is 19.0 Å². The number of nitrogens with two attached hydrogens (primary N) is 3. The summed E-state index contributed by atoms with van der Waals surface area (Å²) in [5.74, 6) is -2.12. The van der Waals surface area contributed by atoms with E-state index in [1.807, 2.05) is 18.2 Å². The third-order valence-electron chi connectivity index (χ3n) is 19.0. The van der Waals surface area contributed by atoms with Crippen LogP contribution in [0.4, 0.5) is 17.1 Å². The van der Waals surface area contributed by atoms with Gasteiger partial charge in [-0.1, -0.05) is 81.1 Å². The molecule has 3 aliphatic carbocycles. The third kappa shape index (κ3) is 20.8. The maximum atomic E-state index is 14.6. The van der Waals surface area contributed by atoms with Gasteiger partial charge in [0.1, 0.15) is 11.8 Å². The molecule has 99 heavy (non-hydrogen) atoms. The number of likely N-dealkylation sites (N-methyl/N-ethyl adjacent to an activating group) is 2. The Balaban J connectivity index is 0.869. The van der Waals surface area contributed by atoms with Gasteiger partial charge < -0.3 is 71.2 Å². The molecule has 1 saturated heterocycles. The molecule has 6 amide bonds. The lowest BCUT2D eigenvalue weighted by molar-refractivity contribution is -0.144. The molecule has 9 rings (SSSR count). The molecule has 4 aromatic carbocycles. The van der Waals surface area contributed by atoms with Crippen LogP contribution in [-0.4, -0.2) is 166 Å². The fraction of sp³-hybridized carbons (Fsp3) is 0.562. The maximum absolute atomic E-state index is 14.6. The minimum Gasteiger partial charge on any atom is -0.484 e. The summed E-state index contributed by atoms with van der Waals surface area (Å²) in [7, 11) is 4.78. The highest BCUT2D eigenvalue weighted by molar-refractivity contribution is 5.94. The number of carbonyl (C=O) groups is 6. The first-order chi connectivity index (χ1) is 48.0. The zero-order chi connectivity index (χ0) is 70.7. The minimum atomic E-state index is -0.972. The van der Waals surface area contributed by atoms with Crippen LogP contribution in [0.25, 0.3) is 21.3 Å². The highest BCUT2D eigenvalue weighted by Gasteiger charge is 2.52. The van der Waals surface area contributed by atoms with Crippen molar-refractivity contribution in [2.45, 2.75) is 158 Å². The Labute approximate surface area is 578 Å². The van der Waals surface area contributed by atoms with Crippen LogP contribution in [0.15, 0.2) is 91.9 Å². The number of likely N-dealkylation sites (tertiary alicyclic amines) is 1. The molecular formula is C73H101N13O13. The van der Waals surface area contributed by atoms with E-state index < -0.39 is 41.4 Å². The van der Waals surface area contributed by atoms with Crippen LogP contribution in [0, 0.1) is 0 Å². The molecule has 1 unspecified atom stereocenters. The third-order valence-corrected chi connectivity index (χ3v) is 19.0. The number of carbonyl (C=O) groups excluding carboxylic acids is 6. The van der Waals surface area contributed by atoms with E-state index in [2.05, 4.69) is 62.4 Å². The number of azide groups is 1. The Morgan fingerprint density at radius 2 is 1.06 bits per heavy atom. The SMILES string of the molecule is CN(CCOCCOCCOCCN(C)C(=O)[C@@H]1CC(N=[N+]=[N-])CN1C(=O)COc1ccc2c(=O)oc(=O)n(C)c2c1)C(=O)CCC12c3cc(NC(=O)CCCCCCCN)ccc3C(c3ccc(NC(=O)CCCCCCCN)cc31)c1ccc(NC(=O)CCCCCCCN)cc12. The quantitative estimate of drug-likeness (QED) is 0.00921. The Morgan fingerprint density at radius 3 is 1.54 bits per heavy atom. The van der Waals surface area contributed by atoms with Gasteiger partial charge in [0.25, 0.3) is 5.91 Å². The summed E-state index contributed by atoms with van der Waals surface area (Å²) in [4.78, 5) is 114. The summed E-state index contributed by atoms with van der Waals surface area (Å²) in [6.45, 7) is 3.38. The predicted octanol–water partition coefficient (Wildman–Crippen LogP) is 8.45. The number of benzene rings is 4. The number of fused-ring (bicyclic) bond motifs is 1. The number of ether oxygens (including phenoxy) is 4. The predicted molar refractivity (Wildman–Crippen MR) is 380 cm³/mol. The van der Waals surface area contributed by atoms with E-state index in [0.29, 0.717) is 68.9 Å². The topological polar surface area (TPSA) is 364 Å². The molecule has 26 heteroatoms. The lowest BCUT2D eigenvalue weighted by atomic mass is 9.51. The second-order valence-corrected chi connectivity index (χ2v) is 26.1. The van der Waals surface area contributed by atoms with Gasteiger partial charge in [-0.2, -0.15) is 0 Å². The zero-order valence-corrected chi connectivity index (χ0v) is 57.9. The van der Waals surface area contributed by atoms with E-state index in [0.717, 1.165) is 134 Å². The molecule has 1 aromatic heterocycles. The lowest BCUT2D eigenvalue weighted by Gasteiger charge is -2.51. The second-order valence-electron chi connectivity index (χ2n) is 26.1. The molecule has 1 aliphatic heterocycles. The lowest BCUT2D eigenvalue weighted by Crippen LogP contribution is -2.48. The first kappa shape index (κ1) is 76.3. The Kier molecular flexibility index (Phi) is 29.9. The fourth-order valence-electron chi connectivity index (χ4n) is 13.6. The Bertz CT molecular complexity index is 3540. The number of hydrogen-bond acceptors (Lipinski definition) is 17. The first-order valence-electron chi connectivity index (χ1n) is 35.3. The number of aryl methyl sites for hydroxylation is 1. The Hall–Kier alpha value is -8.49.